The van der Waals surface area contributed by atoms with Gasteiger partial charge in [0.05, 0.1) is 4.88 Å². The zero-order valence-electron chi connectivity index (χ0n) is 11.0. The molecule has 5 heteroatoms. The van der Waals surface area contributed by atoms with Gasteiger partial charge < -0.3 is 10.6 Å². The normalized spacial score (nSPS) is 22.2. The summed E-state index contributed by atoms with van der Waals surface area (Å²) in [6, 6.07) is 2.45. The lowest BCUT2D eigenvalue weighted by molar-refractivity contribution is 0.0944. The molecular weight excluding hydrogens is 280 g/mol. The fraction of sp³-hybridized carbons (Fsp3) is 0.643. The van der Waals surface area contributed by atoms with Gasteiger partial charge >= 0.3 is 0 Å². The molecule has 19 heavy (non-hydrogen) atoms. The van der Waals surface area contributed by atoms with Crippen molar-refractivity contribution in [3.05, 3.63) is 21.4 Å². The minimum Gasteiger partial charge on any atom is -0.347 e. The minimum absolute atomic E-state index is 0. The van der Waals surface area contributed by atoms with Crippen molar-refractivity contribution in [2.45, 2.75) is 44.6 Å². The van der Waals surface area contributed by atoms with E-state index in [1.807, 2.05) is 0 Å². The second-order valence-corrected chi connectivity index (χ2v) is 6.42. The molecule has 1 aromatic heterocycles. The molecule has 0 aromatic carbocycles. The first kappa shape index (κ1) is 14.8. The summed E-state index contributed by atoms with van der Waals surface area (Å²) in [5, 5.41) is 6.40. The summed E-state index contributed by atoms with van der Waals surface area (Å²) in [6.07, 6.45) is 7.26. The quantitative estimate of drug-likeness (QED) is 0.824. The Morgan fingerprint density at radius 1 is 1.32 bits per heavy atom. The van der Waals surface area contributed by atoms with Crippen molar-refractivity contribution >= 4 is 29.7 Å². The summed E-state index contributed by atoms with van der Waals surface area (Å²) in [5.41, 5.74) is 1.42. The Balaban J connectivity index is 0.00000133. The van der Waals surface area contributed by atoms with Crippen LogP contribution >= 0.6 is 23.7 Å². The number of rotatable bonds is 2. The van der Waals surface area contributed by atoms with Gasteiger partial charge in [-0.2, -0.15) is 0 Å². The summed E-state index contributed by atoms with van der Waals surface area (Å²) < 4.78 is 0. The Hall–Kier alpha value is -0.580. The largest absolute Gasteiger partial charge is 0.347 e. The summed E-state index contributed by atoms with van der Waals surface area (Å²) in [6.45, 7) is 1.93. The minimum atomic E-state index is 0. The summed E-state index contributed by atoms with van der Waals surface area (Å²) in [7, 11) is 0. The molecule has 1 saturated heterocycles. The van der Waals surface area contributed by atoms with E-state index >= 15 is 0 Å². The fourth-order valence-corrected chi connectivity index (χ4v) is 3.97. The van der Waals surface area contributed by atoms with Crippen LogP contribution in [-0.2, 0) is 12.8 Å². The van der Waals surface area contributed by atoms with Gasteiger partial charge in [-0.25, -0.2) is 0 Å². The fourth-order valence-electron chi connectivity index (χ4n) is 2.81. The lowest BCUT2D eigenvalue weighted by Gasteiger charge is -2.09. The third kappa shape index (κ3) is 3.50. The van der Waals surface area contributed by atoms with Crippen molar-refractivity contribution in [3.8, 4) is 0 Å². The van der Waals surface area contributed by atoms with Crippen molar-refractivity contribution in [2.75, 3.05) is 13.1 Å². The maximum absolute atomic E-state index is 12.2. The zero-order valence-corrected chi connectivity index (χ0v) is 12.7. The Morgan fingerprint density at radius 2 is 2.16 bits per heavy atom. The molecule has 1 amide bonds. The van der Waals surface area contributed by atoms with Gasteiger partial charge in [0, 0.05) is 17.5 Å². The average Bonchev–Trinajstić information content (AvgIpc) is 2.95. The smallest absolute Gasteiger partial charge is 0.261 e. The Bertz CT molecular complexity index is 417. The number of aryl methyl sites for hydroxylation is 2. The highest BCUT2D eigenvalue weighted by molar-refractivity contribution is 7.14. The predicted octanol–water partition coefficient (Wildman–Crippen LogP) is 2.53. The third-order valence-electron chi connectivity index (χ3n) is 3.87. The molecule has 2 heterocycles. The molecular formula is C14H21ClN2OS. The van der Waals surface area contributed by atoms with Gasteiger partial charge in [0.2, 0.25) is 0 Å². The molecule has 3 nitrogen and oxygen atoms in total. The number of thiophene rings is 1. The van der Waals surface area contributed by atoms with E-state index in [1.54, 1.807) is 11.3 Å². The van der Waals surface area contributed by atoms with E-state index in [0.29, 0.717) is 6.04 Å². The molecule has 1 aliphatic heterocycles. The molecule has 1 aliphatic carbocycles. The summed E-state index contributed by atoms with van der Waals surface area (Å²) in [5.74, 6) is 0.127. The predicted molar refractivity (Wildman–Crippen MR) is 81.6 cm³/mol. The lowest BCUT2D eigenvalue weighted by atomic mass is 10.1. The number of amides is 1. The third-order valence-corrected chi connectivity index (χ3v) is 5.10. The molecule has 0 radical (unpaired) electrons. The number of halogens is 1. The zero-order chi connectivity index (χ0) is 12.4. The summed E-state index contributed by atoms with van der Waals surface area (Å²) >= 11 is 1.71. The second kappa shape index (κ2) is 6.73. The van der Waals surface area contributed by atoms with Crippen LogP contribution in [-0.4, -0.2) is 25.0 Å². The van der Waals surface area contributed by atoms with Gasteiger partial charge in [-0.3, -0.25) is 4.79 Å². The molecule has 1 unspecified atom stereocenters. The molecule has 0 saturated carbocycles. The van der Waals surface area contributed by atoms with Crippen LogP contribution in [0.2, 0.25) is 0 Å². The number of carbonyl (C=O) groups excluding carboxylic acids is 1. The Labute approximate surface area is 124 Å². The first-order valence-electron chi connectivity index (χ1n) is 6.96. The van der Waals surface area contributed by atoms with E-state index in [1.165, 1.54) is 29.7 Å². The number of hydrogen-bond acceptors (Lipinski definition) is 3. The molecule has 1 atom stereocenters. The van der Waals surface area contributed by atoms with Gasteiger partial charge in [0.15, 0.2) is 0 Å². The van der Waals surface area contributed by atoms with Crippen LogP contribution in [0, 0.1) is 0 Å². The second-order valence-electron chi connectivity index (χ2n) is 5.28. The van der Waals surface area contributed by atoms with Crippen LogP contribution in [0.3, 0.4) is 0 Å². The number of hydrogen-bond donors (Lipinski definition) is 2. The van der Waals surface area contributed by atoms with Gasteiger partial charge in [-0.05, 0) is 50.3 Å². The SMILES string of the molecule is Cl.O=C(NC1CCNC1)c1cc2c(s1)CCCCC2. The molecule has 3 rings (SSSR count). The average molecular weight is 301 g/mol. The molecule has 1 fully saturated rings. The van der Waals surface area contributed by atoms with Crippen LogP contribution < -0.4 is 10.6 Å². The molecule has 2 N–H and O–H groups in total. The standard InChI is InChI=1S/C14H20N2OS.ClH/c17-14(16-11-6-7-15-9-11)13-8-10-4-2-1-3-5-12(10)18-13;/h8,11,15H,1-7,9H2,(H,16,17);1H. The molecule has 0 bridgehead atoms. The highest BCUT2D eigenvalue weighted by atomic mass is 35.5. The first-order chi connectivity index (χ1) is 8.83. The Morgan fingerprint density at radius 3 is 2.95 bits per heavy atom. The Kier molecular flexibility index (Phi) is 5.25. The first-order valence-corrected chi connectivity index (χ1v) is 7.78. The van der Waals surface area contributed by atoms with Crippen molar-refractivity contribution < 1.29 is 4.79 Å². The van der Waals surface area contributed by atoms with E-state index in [2.05, 4.69) is 16.7 Å². The van der Waals surface area contributed by atoms with Crippen LogP contribution in [0.25, 0.3) is 0 Å². The molecule has 2 aliphatic rings. The van der Waals surface area contributed by atoms with Crippen molar-refractivity contribution in [1.82, 2.24) is 10.6 Å². The van der Waals surface area contributed by atoms with Crippen molar-refractivity contribution in [1.29, 1.82) is 0 Å². The van der Waals surface area contributed by atoms with E-state index in [0.717, 1.165) is 37.2 Å². The van der Waals surface area contributed by atoms with Crippen LogP contribution in [0.4, 0.5) is 0 Å². The molecule has 1 aromatic rings. The van der Waals surface area contributed by atoms with E-state index < -0.39 is 0 Å². The number of fused-ring (bicyclic) bond motifs is 1. The maximum atomic E-state index is 12.2. The highest BCUT2D eigenvalue weighted by Gasteiger charge is 2.20. The summed E-state index contributed by atoms with van der Waals surface area (Å²) in [4.78, 5) is 14.5. The highest BCUT2D eigenvalue weighted by Crippen LogP contribution is 2.29. The van der Waals surface area contributed by atoms with Crippen LogP contribution in [0.1, 0.15) is 45.8 Å². The van der Waals surface area contributed by atoms with Gasteiger partial charge in [0.25, 0.3) is 5.91 Å². The lowest BCUT2D eigenvalue weighted by Crippen LogP contribution is -2.35. The van der Waals surface area contributed by atoms with Crippen LogP contribution in [0.15, 0.2) is 6.07 Å². The van der Waals surface area contributed by atoms with Gasteiger partial charge in [-0.1, -0.05) is 6.42 Å². The van der Waals surface area contributed by atoms with E-state index in [4.69, 9.17) is 0 Å². The van der Waals surface area contributed by atoms with E-state index in [-0.39, 0.29) is 18.3 Å². The van der Waals surface area contributed by atoms with Crippen LogP contribution in [0.5, 0.6) is 0 Å². The van der Waals surface area contributed by atoms with E-state index in [9.17, 15) is 4.79 Å². The monoisotopic (exact) mass is 300 g/mol. The van der Waals surface area contributed by atoms with Gasteiger partial charge in [0.1, 0.15) is 0 Å². The number of nitrogens with one attached hydrogen (secondary N) is 2. The molecule has 106 valence electrons. The molecule has 0 spiro atoms. The topological polar surface area (TPSA) is 41.1 Å². The van der Waals surface area contributed by atoms with Gasteiger partial charge in [-0.15, -0.1) is 23.7 Å². The van der Waals surface area contributed by atoms with Crippen molar-refractivity contribution in [2.24, 2.45) is 0 Å². The number of carbonyl (C=O) groups is 1. The maximum Gasteiger partial charge on any atom is 0.261 e. The van der Waals surface area contributed by atoms with Crippen molar-refractivity contribution in [3.63, 3.8) is 0 Å².